The summed E-state index contributed by atoms with van der Waals surface area (Å²) in [6.07, 6.45) is 0. The van der Waals surface area contributed by atoms with Gasteiger partial charge in [-0.3, -0.25) is 0 Å². The van der Waals surface area contributed by atoms with Gasteiger partial charge in [0.15, 0.2) is 0 Å². The maximum Gasteiger partial charge on any atom is 0.114 e. The molecule has 17 heavy (non-hydrogen) atoms. The van der Waals surface area contributed by atoms with E-state index in [4.69, 9.17) is 30.0 Å². The largest absolute Gasteiger partial charge is 0.492 e. The van der Waals surface area contributed by atoms with Crippen LogP contribution in [0.4, 0.5) is 22.7 Å². The zero-order valence-corrected chi connectivity index (χ0v) is 10.00. The van der Waals surface area contributed by atoms with Crippen LogP contribution < -0.4 is 21.9 Å². The van der Waals surface area contributed by atoms with Gasteiger partial charge in [0.25, 0.3) is 0 Å². The van der Waals surface area contributed by atoms with Crippen molar-refractivity contribution < 1.29 is 4.72 Å². The molecule has 88 valence electrons. The quantitative estimate of drug-likeness (QED) is 0.465. The van der Waals surface area contributed by atoms with Gasteiger partial charge >= 0.3 is 0 Å². The average molecular weight is 246 g/mol. The van der Waals surface area contributed by atoms with Gasteiger partial charge in [0.05, 0.1) is 0 Å². The van der Waals surface area contributed by atoms with Crippen LogP contribution in [-0.4, -0.2) is 0 Å². The van der Waals surface area contributed by atoms with Crippen LogP contribution in [-0.2, 0) is 12.8 Å². The van der Waals surface area contributed by atoms with Crippen molar-refractivity contribution in [1.29, 1.82) is 0 Å². The molecule has 2 aromatic rings. The molecule has 0 fully saturated rings. The average Bonchev–Trinajstić information content (AvgIpc) is 2.30. The molecule has 0 saturated heterocycles. The number of hydrogen-bond acceptors (Lipinski definition) is 4. The number of nitrogen functional groups attached to an aromatic ring is 3. The number of rotatable bonds is 2. The van der Waals surface area contributed by atoms with Crippen LogP contribution in [0.3, 0.4) is 0 Å². The van der Waals surface area contributed by atoms with E-state index in [0.717, 1.165) is 16.8 Å². The summed E-state index contributed by atoms with van der Waals surface area (Å²) in [6.45, 7) is 0. The van der Waals surface area contributed by atoms with E-state index >= 15 is 0 Å². The predicted octanol–water partition coefficient (Wildman–Crippen LogP) is 0.757. The molecule has 0 bridgehead atoms. The Hall–Kier alpha value is -1.85. The van der Waals surface area contributed by atoms with Crippen molar-refractivity contribution in [1.82, 2.24) is 0 Å². The third-order valence-electron chi connectivity index (χ3n) is 2.58. The van der Waals surface area contributed by atoms with E-state index in [2.05, 4.69) is 0 Å². The lowest BCUT2D eigenvalue weighted by atomic mass is 10.0. The second kappa shape index (κ2) is 4.57. The van der Waals surface area contributed by atoms with Crippen LogP contribution in [0.1, 0.15) is 0 Å². The fraction of sp³-hybridized carbons (Fsp3) is 0. The fourth-order valence-electron chi connectivity index (χ4n) is 1.73. The first-order valence-electron chi connectivity index (χ1n) is 5.12. The summed E-state index contributed by atoms with van der Waals surface area (Å²) in [6, 6.07) is 11.1. The Labute approximate surface area is 105 Å². The smallest absolute Gasteiger partial charge is 0.114 e. The second-order valence-corrected chi connectivity index (χ2v) is 4.05. The normalized spacial score (nSPS) is 10.4. The lowest BCUT2D eigenvalue weighted by Gasteiger charge is -2.11. The van der Waals surface area contributed by atoms with E-state index in [1.165, 1.54) is 0 Å². The van der Waals surface area contributed by atoms with Gasteiger partial charge in [-0.2, -0.15) is 0 Å². The first kappa shape index (κ1) is 11.6. The van der Waals surface area contributed by atoms with E-state index in [1.54, 1.807) is 16.9 Å². The number of nitrogens with two attached hydrogens (primary N) is 4. The van der Waals surface area contributed by atoms with Crippen molar-refractivity contribution in [3.63, 3.8) is 0 Å². The highest BCUT2D eigenvalue weighted by Crippen LogP contribution is 2.32. The van der Waals surface area contributed by atoms with Gasteiger partial charge < -0.3 is 34.7 Å². The molecule has 0 atom stereocenters. The molecule has 0 heterocycles. The minimum Gasteiger partial charge on any atom is -0.492 e. The Bertz CT molecular complexity index is 554. The van der Waals surface area contributed by atoms with Gasteiger partial charge in [0.2, 0.25) is 0 Å². The van der Waals surface area contributed by atoms with Crippen LogP contribution >= 0.6 is 0 Å². The third kappa shape index (κ3) is 2.30. The number of quaternary nitrogens is 1. The van der Waals surface area contributed by atoms with Crippen molar-refractivity contribution in [3.05, 3.63) is 36.4 Å². The minimum absolute atomic E-state index is 0.617. The molecular formula is C12H14N4S. The van der Waals surface area contributed by atoms with Crippen LogP contribution in [0.2, 0.25) is 0 Å². The summed E-state index contributed by atoms with van der Waals surface area (Å²) in [5.74, 6) is 0. The summed E-state index contributed by atoms with van der Waals surface area (Å²) in [7, 11) is 0. The van der Waals surface area contributed by atoms with E-state index in [0.29, 0.717) is 17.1 Å². The molecule has 8 N–H and O–H groups in total. The zero-order chi connectivity index (χ0) is 12.4. The Kier molecular flexibility index (Phi) is 3.12. The van der Waals surface area contributed by atoms with E-state index in [-0.39, 0.29) is 0 Å². The third-order valence-corrected chi connectivity index (χ3v) is 2.85. The topological polar surface area (TPSA) is 94.7 Å². The van der Waals surface area contributed by atoms with Crippen LogP contribution in [0.5, 0.6) is 0 Å². The van der Waals surface area contributed by atoms with Crippen molar-refractivity contribution in [2.75, 3.05) is 17.2 Å². The van der Waals surface area contributed by atoms with Crippen molar-refractivity contribution in [3.8, 4) is 11.1 Å². The number of hydrogen-bond donors (Lipinski definition) is 4. The van der Waals surface area contributed by atoms with Crippen molar-refractivity contribution in [2.45, 2.75) is 0 Å². The van der Waals surface area contributed by atoms with E-state index in [1.807, 2.05) is 24.3 Å². The van der Waals surface area contributed by atoms with Crippen molar-refractivity contribution in [2.24, 2.45) is 0 Å². The van der Waals surface area contributed by atoms with Gasteiger partial charge in [-0.25, -0.2) is 0 Å². The molecule has 0 aromatic heterocycles. The molecule has 5 heteroatoms. The molecular weight excluding hydrogens is 232 g/mol. The summed E-state index contributed by atoms with van der Waals surface area (Å²) >= 11 is 4.86. The minimum atomic E-state index is 0.617. The monoisotopic (exact) mass is 246 g/mol. The summed E-state index contributed by atoms with van der Waals surface area (Å²) in [5.41, 5.74) is 22.2. The van der Waals surface area contributed by atoms with E-state index < -0.39 is 0 Å². The van der Waals surface area contributed by atoms with Crippen molar-refractivity contribution >= 4 is 35.6 Å². The predicted molar refractivity (Wildman–Crippen MR) is 74.1 cm³/mol. The van der Waals surface area contributed by atoms with Crippen LogP contribution in [0.15, 0.2) is 36.4 Å². The molecule has 0 aliphatic rings. The van der Waals surface area contributed by atoms with Gasteiger partial charge in [-0.05, 0) is 24.3 Å². The fourth-order valence-corrected chi connectivity index (χ4v) is 1.87. The van der Waals surface area contributed by atoms with Gasteiger partial charge in [0, 0.05) is 34.3 Å². The standard InChI is InChI=1S/C12H14N4S/c13-7-1-3-9(11(14)5-7)10-4-2-8(16-17)6-12(10)15/h1-6H,13-16H2. The first-order valence-corrected chi connectivity index (χ1v) is 5.59. The highest BCUT2D eigenvalue weighted by Gasteiger charge is 2.07. The molecule has 0 saturated carbocycles. The maximum absolute atomic E-state index is 5.98. The molecule has 0 aliphatic heterocycles. The Balaban J connectivity index is 2.53. The Morgan fingerprint density at radius 3 is 1.94 bits per heavy atom. The summed E-state index contributed by atoms with van der Waals surface area (Å²) in [4.78, 5) is 0. The molecule has 0 spiro atoms. The lowest BCUT2D eigenvalue weighted by molar-refractivity contribution is -0.375. The highest BCUT2D eigenvalue weighted by molar-refractivity contribution is 7.50. The van der Waals surface area contributed by atoms with E-state index in [9.17, 15) is 0 Å². The summed E-state index contributed by atoms with van der Waals surface area (Å²) in [5, 5.41) is 0. The number of benzene rings is 2. The van der Waals surface area contributed by atoms with Gasteiger partial charge in [-0.1, -0.05) is 6.07 Å². The molecule has 0 aliphatic carbocycles. The molecule has 0 unspecified atom stereocenters. The highest BCUT2D eigenvalue weighted by atomic mass is 32.1. The van der Waals surface area contributed by atoms with Crippen LogP contribution in [0, 0.1) is 0 Å². The molecule has 0 amide bonds. The zero-order valence-electron chi connectivity index (χ0n) is 9.18. The Morgan fingerprint density at radius 2 is 1.41 bits per heavy atom. The van der Waals surface area contributed by atoms with Gasteiger partial charge in [-0.15, -0.1) is 0 Å². The summed E-state index contributed by atoms with van der Waals surface area (Å²) < 4.78 is 1.59. The molecule has 2 rings (SSSR count). The molecule has 4 nitrogen and oxygen atoms in total. The number of anilines is 3. The lowest BCUT2D eigenvalue weighted by Crippen LogP contribution is -2.70. The molecule has 0 radical (unpaired) electrons. The SMILES string of the molecule is Nc1ccc(-c2ccc([NH2+][S-])cc2N)c(N)c1. The maximum atomic E-state index is 5.98. The van der Waals surface area contributed by atoms with Gasteiger partial charge in [0.1, 0.15) is 5.69 Å². The Morgan fingerprint density at radius 1 is 0.824 bits per heavy atom. The molecule has 2 aromatic carbocycles. The first-order chi connectivity index (χ1) is 8.11. The van der Waals surface area contributed by atoms with Crippen LogP contribution in [0.25, 0.3) is 11.1 Å². The second-order valence-electron chi connectivity index (χ2n) is 3.81.